The number of nitrogens with zero attached hydrogens (tertiary/aromatic N) is 1. The molecule has 0 fully saturated rings. The lowest BCUT2D eigenvalue weighted by atomic mass is 10.2. The molecule has 2 aromatic carbocycles. The summed E-state index contributed by atoms with van der Waals surface area (Å²) in [4.78, 5) is 12.0. The Morgan fingerprint density at radius 1 is 0.960 bits per heavy atom. The van der Waals surface area contributed by atoms with Gasteiger partial charge in [-0.15, -0.1) is 0 Å². The van der Waals surface area contributed by atoms with E-state index in [2.05, 4.69) is 10.5 Å². The molecule has 0 atom stereocenters. The van der Waals surface area contributed by atoms with Gasteiger partial charge < -0.3 is 4.42 Å². The summed E-state index contributed by atoms with van der Waals surface area (Å²) in [7, 11) is 0. The molecule has 4 nitrogen and oxygen atoms in total. The van der Waals surface area contributed by atoms with Gasteiger partial charge in [0.05, 0.1) is 16.8 Å². The molecule has 0 saturated carbocycles. The molecule has 1 aromatic heterocycles. The lowest BCUT2D eigenvalue weighted by Crippen LogP contribution is -2.17. The summed E-state index contributed by atoms with van der Waals surface area (Å²) in [6.45, 7) is 0. The predicted octanol–water partition coefficient (Wildman–Crippen LogP) is 5.67. The number of nitrogens with one attached hydrogen (secondary N) is 1. The van der Waals surface area contributed by atoms with Crippen LogP contribution in [0.2, 0.25) is 15.1 Å². The minimum atomic E-state index is -0.442. The standard InChI is InChI=1S/C18H11Cl3N2O2/c19-12-3-1-11(2-4-12)17-8-6-14(25-17)10-22-23-18(24)15-7-5-13(20)9-16(15)21/h1-10H,(H,23,24). The van der Waals surface area contributed by atoms with Crippen LogP contribution in [0.3, 0.4) is 0 Å². The number of hydrogen-bond donors (Lipinski definition) is 1. The van der Waals surface area contributed by atoms with E-state index in [-0.39, 0.29) is 10.6 Å². The van der Waals surface area contributed by atoms with Crippen molar-refractivity contribution < 1.29 is 9.21 Å². The van der Waals surface area contributed by atoms with Crippen LogP contribution in [0.4, 0.5) is 0 Å². The minimum absolute atomic E-state index is 0.253. The van der Waals surface area contributed by atoms with Gasteiger partial charge in [0, 0.05) is 15.6 Å². The second-order valence-corrected chi connectivity index (χ2v) is 6.31. The van der Waals surface area contributed by atoms with Crippen LogP contribution in [-0.2, 0) is 0 Å². The molecule has 1 amide bonds. The number of carbonyl (C=O) groups is 1. The molecular formula is C18H11Cl3N2O2. The average Bonchev–Trinajstić information content (AvgIpc) is 3.04. The van der Waals surface area contributed by atoms with E-state index in [4.69, 9.17) is 39.2 Å². The van der Waals surface area contributed by atoms with Crippen LogP contribution in [0.5, 0.6) is 0 Å². The predicted molar refractivity (Wildman–Crippen MR) is 101 cm³/mol. The van der Waals surface area contributed by atoms with E-state index in [1.54, 1.807) is 24.3 Å². The van der Waals surface area contributed by atoms with E-state index >= 15 is 0 Å². The molecule has 0 aliphatic rings. The third-order valence-electron chi connectivity index (χ3n) is 3.29. The van der Waals surface area contributed by atoms with Crippen LogP contribution >= 0.6 is 34.8 Å². The Labute approximate surface area is 159 Å². The summed E-state index contributed by atoms with van der Waals surface area (Å²) < 4.78 is 5.65. The summed E-state index contributed by atoms with van der Waals surface area (Å²) in [5.74, 6) is 0.722. The van der Waals surface area contributed by atoms with Gasteiger partial charge in [0.25, 0.3) is 5.91 Å². The van der Waals surface area contributed by atoms with Crippen LogP contribution in [-0.4, -0.2) is 12.1 Å². The molecular weight excluding hydrogens is 383 g/mol. The molecule has 0 aliphatic carbocycles. The zero-order valence-corrected chi connectivity index (χ0v) is 14.9. The van der Waals surface area contributed by atoms with E-state index in [0.717, 1.165) is 5.56 Å². The summed E-state index contributed by atoms with van der Waals surface area (Å²) in [5, 5.41) is 5.23. The van der Waals surface area contributed by atoms with E-state index in [0.29, 0.717) is 21.6 Å². The maximum Gasteiger partial charge on any atom is 0.272 e. The fraction of sp³-hybridized carbons (Fsp3) is 0. The molecule has 3 rings (SSSR count). The quantitative estimate of drug-likeness (QED) is 0.458. The van der Waals surface area contributed by atoms with Crippen molar-refractivity contribution in [2.75, 3.05) is 0 Å². The van der Waals surface area contributed by atoms with Crippen molar-refractivity contribution in [2.24, 2.45) is 5.10 Å². The van der Waals surface area contributed by atoms with E-state index < -0.39 is 5.91 Å². The Morgan fingerprint density at radius 2 is 1.68 bits per heavy atom. The first-order valence-corrected chi connectivity index (χ1v) is 8.30. The molecule has 25 heavy (non-hydrogen) atoms. The highest BCUT2D eigenvalue weighted by Gasteiger charge is 2.10. The first-order valence-electron chi connectivity index (χ1n) is 7.17. The summed E-state index contributed by atoms with van der Waals surface area (Å²) in [6.07, 6.45) is 1.40. The maximum atomic E-state index is 12.0. The normalized spacial score (nSPS) is 11.0. The van der Waals surface area contributed by atoms with Crippen molar-refractivity contribution in [1.29, 1.82) is 0 Å². The first kappa shape index (κ1) is 17.5. The maximum absolute atomic E-state index is 12.0. The fourth-order valence-corrected chi connectivity index (χ4v) is 2.70. The van der Waals surface area contributed by atoms with E-state index in [1.807, 2.05) is 18.2 Å². The average molecular weight is 394 g/mol. The van der Waals surface area contributed by atoms with Gasteiger partial charge in [0.2, 0.25) is 0 Å². The van der Waals surface area contributed by atoms with Crippen LogP contribution in [0.15, 0.2) is 64.1 Å². The molecule has 0 bridgehead atoms. The second-order valence-electron chi connectivity index (χ2n) is 5.03. The molecule has 0 spiro atoms. The molecule has 3 aromatic rings. The summed E-state index contributed by atoms with van der Waals surface area (Å²) in [5.41, 5.74) is 3.56. The number of hydrazone groups is 1. The molecule has 1 heterocycles. The SMILES string of the molecule is O=C(NN=Cc1ccc(-c2ccc(Cl)cc2)o1)c1ccc(Cl)cc1Cl. The molecule has 0 radical (unpaired) electrons. The van der Waals surface area contributed by atoms with E-state index in [1.165, 1.54) is 18.3 Å². The number of furan rings is 1. The number of carbonyl (C=O) groups excluding carboxylic acids is 1. The first-order chi connectivity index (χ1) is 12.0. The Hall–Kier alpha value is -2.27. The molecule has 0 unspecified atom stereocenters. The molecule has 0 aliphatic heterocycles. The van der Waals surface area contributed by atoms with Crippen molar-refractivity contribution in [3.63, 3.8) is 0 Å². The lowest BCUT2D eigenvalue weighted by molar-refractivity contribution is 0.0955. The van der Waals surface area contributed by atoms with E-state index in [9.17, 15) is 4.79 Å². The van der Waals surface area contributed by atoms with Crippen molar-refractivity contribution in [3.8, 4) is 11.3 Å². The second kappa shape index (κ2) is 7.74. The van der Waals surface area contributed by atoms with Gasteiger partial charge in [-0.2, -0.15) is 5.10 Å². The van der Waals surface area contributed by atoms with Gasteiger partial charge in [-0.05, 0) is 54.6 Å². The molecule has 126 valence electrons. The Morgan fingerprint density at radius 3 is 2.40 bits per heavy atom. The third-order valence-corrected chi connectivity index (χ3v) is 4.09. The Bertz CT molecular complexity index is 934. The van der Waals surface area contributed by atoms with Gasteiger partial charge in [-0.1, -0.05) is 34.8 Å². The Kier molecular flexibility index (Phi) is 5.43. The van der Waals surface area contributed by atoms with Gasteiger partial charge in [0.1, 0.15) is 11.5 Å². The number of halogens is 3. The van der Waals surface area contributed by atoms with Crippen LogP contribution in [0.25, 0.3) is 11.3 Å². The number of rotatable bonds is 4. The number of hydrogen-bond acceptors (Lipinski definition) is 3. The van der Waals surface area contributed by atoms with Crippen molar-refractivity contribution in [2.45, 2.75) is 0 Å². The van der Waals surface area contributed by atoms with Crippen molar-refractivity contribution >= 4 is 46.9 Å². The highest BCUT2D eigenvalue weighted by atomic mass is 35.5. The highest BCUT2D eigenvalue weighted by Crippen LogP contribution is 2.23. The topological polar surface area (TPSA) is 54.6 Å². The zero-order chi connectivity index (χ0) is 17.8. The largest absolute Gasteiger partial charge is 0.455 e. The summed E-state index contributed by atoms with van der Waals surface area (Å²) in [6, 6.07) is 15.4. The van der Waals surface area contributed by atoms with Gasteiger partial charge in [0.15, 0.2) is 0 Å². The third kappa shape index (κ3) is 4.42. The highest BCUT2D eigenvalue weighted by molar-refractivity contribution is 6.36. The summed E-state index contributed by atoms with van der Waals surface area (Å²) >= 11 is 17.6. The Balaban J connectivity index is 1.66. The van der Waals surface area contributed by atoms with Crippen LogP contribution in [0, 0.1) is 0 Å². The van der Waals surface area contributed by atoms with Crippen molar-refractivity contribution in [3.05, 3.63) is 81.0 Å². The smallest absolute Gasteiger partial charge is 0.272 e. The zero-order valence-electron chi connectivity index (χ0n) is 12.7. The minimum Gasteiger partial charge on any atom is -0.455 e. The fourth-order valence-electron chi connectivity index (χ4n) is 2.08. The lowest BCUT2D eigenvalue weighted by Gasteiger charge is -2.02. The van der Waals surface area contributed by atoms with Gasteiger partial charge >= 0.3 is 0 Å². The number of benzene rings is 2. The van der Waals surface area contributed by atoms with Gasteiger partial charge in [-0.25, -0.2) is 5.43 Å². The monoisotopic (exact) mass is 392 g/mol. The van der Waals surface area contributed by atoms with Gasteiger partial charge in [-0.3, -0.25) is 4.79 Å². The number of amides is 1. The van der Waals surface area contributed by atoms with Crippen molar-refractivity contribution in [1.82, 2.24) is 5.43 Å². The van der Waals surface area contributed by atoms with Crippen LogP contribution < -0.4 is 5.43 Å². The van der Waals surface area contributed by atoms with Crippen LogP contribution in [0.1, 0.15) is 16.1 Å². The molecule has 7 heteroatoms. The molecule has 1 N–H and O–H groups in total. The molecule has 0 saturated heterocycles.